The van der Waals surface area contributed by atoms with Crippen LogP contribution in [0.5, 0.6) is 0 Å². The monoisotopic (exact) mass is 194 g/mol. The van der Waals surface area contributed by atoms with Crippen LogP contribution in [-0.2, 0) is 4.74 Å². The lowest BCUT2D eigenvalue weighted by molar-refractivity contribution is 0.168. The van der Waals surface area contributed by atoms with Gasteiger partial charge in [-0.3, -0.25) is 5.32 Å². The molecule has 0 spiro atoms. The topological polar surface area (TPSA) is 51.2 Å². The number of ether oxygens (including phenoxy) is 1. The van der Waals surface area contributed by atoms with Gasteiger partial charge in [-0.2, -0.15) is 0 Å². The Labute approximate surface area is 83.3 Å². The molecule has 0 fully saturated rings. The van der Waals surface area contributed by atoms with Crippen molar-refractivity contribution in [3.63, 3.8) is 0 Å². The second kappa shape index (κ2) is 4.60. The highest BCUT2D eigenvalue weighted by Crippen LogP contribution is 2.08. The number of carbonyl (C=O) groups is 1. The number of carbonyl (C=O) groups excluding carboxylic acids is 1. The Morgan fingerprint density at radius 3 is 2.79 bits per heavy atom. The van der Waals surface area contributed by atoms with Gasteiger partial charge in [-0.25, -0.2) is 9.78 Å². The van der Waals surface area contributed by atoms with E-state index in [1.54, 1.807) is 13.0 Å². The van der Waals surface area contributed by atoms with E-state index in [1.165, 1.54) is 0 Å². The smallest absolute Gasteiger partial charge is 0.412 e. The molecule has 0 bridgehead atoms. The molecule has 0 aliphatic rings. The van der Waals surface area contributed by atoms with Crippen LogP contribution in [0.25, 0.3) is 0 Å². The van der Waals surface area contributed by atoms with Gasteiger partial charge in [0.15, 0.2) is 0 Å². The third-order valence-corrected chi connectivity index (χ3v) is 1.60. The van der Waals surface area contributed by atoms with Crippen molar-refractivity contribution >= 4 is 11.9 Å². The van der Waals surface area contributed by atoms with Crippen LogP contribution < -0.4 is 5.32 Å². The van der Waals surface area contributed by atoms with Crippen LogP contribution in [0.1, 0.15) is 18.2 Å². The molecule has 0 aliphatic carbocycles. The molecule has 1 heterocycles. The zero-order valence-corrected chi connectivity index (χ0v) is 8.63. The van der Waals surface area contributed by atoms with Crippen molar-refractivity contribution in [3.05, 3.63) is 23.4 Å². The lowest BCUT2D eigenvalue weighted by atomic mass is 10.2. The van der Waals surface area contributed by atoms with Gasteiger partial charge >= 0.3 is 6.09 Å². The number of hydrogen-bond donors (Lipinski definition) is 1. The van der Waals surface area contributed by atoms with Crippen molar-refractivity contribution in [1.29, 1.82) is 0 Å². The first-order chi connectivity index (χ1) is 6.61. The molecule has 1 rings (SSSR count). The second-order valence-corrected chi connectivity index (χ2v) is 3.02. The summed E-state index contributed by atoms with van der Waals surface area (Å²) in [5.74, 6) is 0.529. The number of nitrogens with one attached hydrogen (secondary N) is 1. The molecule has 0 atom stereocenters. The summed E-state index contributed by atoms with van der Waals surface area (Å²) in [6, 6.07) is 3.74. The van der Waals surface area contributed by atoms with Crippen LogP contribution in [-0.4, -0.2) is 17.7 Å². The second-order valence-electron chi connectivity index (χ2n) is 3.02. The Balaban J connectivity index is 2.71. The summed E-state index contributed by atoms with van der Waals surface area (Å²) >= 11 is 0. The van der Waals surface area contributed by atoms with Crippen LogP contribution >= 0.6 is 0 Å². The standard InChI is InChI=1S/C10H14N2O2/c1-4-14-10(13)12-9-6-7(2)5-8(3)11-9/h5-6H,4H2,1-3H3,(H,11,12,13). The van der Waals surface area contributed by atoms with E-state index < -0.39 is 6.09 Å². The number of pyridine rings is 1. The molecular formula is C10H14N2O2. The highest BCUT2D eigenvalue weighted by Gasteiger charge is 2.03. The average molecular weight is 194 g/mol. The van der Waals surface area contributed by atoms with Crippen molar-refractivity contribution in [1.82, 2.24) is 4.98 Å². The molecule has 1 N–H and O–H groups in total. The zero-order chi connectivity index (χ0) is 10.6. The predicted molar refractivity (Wildman–Crippen MR) is 54.4 cm³/mol. The fraction of sp³-hybridized carbons (Fsp3) is 0.400. The van der Waals surface area contributed by atoms with Gasteiger partial charge in [0.1, 0.15) is 5.82 Å². The Morgan fingerprint density at radius 1 is 1.50 bits per heavy atom. The first-order valence-electron chi connectivity index (χ1n) is 4.51. The van der Waals surface area contributed by atoms with Crippen molar-refractivity contribution in [2.45, 2.75) is 20.8 Å². The summed E-state index contributed by atoms with van der Waals surface area (Å²) < 4.78 is 4.74. The van der Waals surface area contributed by atoms with E-state index in [-0.39, 0.29) is 0 Å². The van der Waals surface area contributed by atoms with E-state index in [0.717, 1.165) is 11.3 Å². The molecule has 4 nitrogen and oxygen atoms in total. The molecule has 4 heteroatoms. The molecule has 0 aliphatic heterocycles. The average Bonchev–Trinajstić information content (AvgIpc) is 2.01. The summed E-state index contributed by atoms with van der Waals surface area (Å²) in [5, 5.41) is 2.55. The van der Waals surface area contributed by atoms with Crippen molar-refractivity contribution < 1.29 is 9.53 Å². The number of rotatable bonds is 2. The van der Waals surface area contributed by atoms with Gasteiger partial charge in [-0.05, 0) is 38.5 Å². The zero-order valence-electron chi connectivity index (χ0n) is 8.63. The van der Waals surface area contributed by atoms with Crippen LogP contribution in [0.15, 0.2) is 12.1 Å². The van der Waals surface area contributed by atoms with Gasteiger partial charge < -0.3 is 4.74 Å². The van der Waals surface area contributed by atoms with E-state index in [1.807, 2.05) is 19.9 Å². The van der Waals surface area contributed by atoms with Crippen molar-refractivity contribution in [2.24, 2.45) is 0 Å². The molecule has 76 valence electrons. The molecule has 0 unspecified atom stereocenters. The van der Waals surface area contributed by atoms with Gasteiger partial charge in [-0.15, -0.1) is 0 Å². The lowest BCUT2D eigenvalue weighted by Gasteiger charge is -2.05. The van der Waals surface area contributed by atoms with Crippen LogP contribution in [0.4, 0.5) is 10.6 Å². The lowest BCUT2D eigenvalue weighted by Crippen LogP contribution is -2.14. The summed E-state index contributed by atoms with van der Waals surface area (Å²) in [7, 11) is 0. The van der Waals surface area contributed by atoms with Crippen molar-refractivity contribution in [3.8, 4) is 0 Å². The minimum absolute atomic E-state index is 0.358. The maximum atomic E-state index is 11.1. The molecule has 1 aromatic heterocycles. The maximum absolute atomic E-state index is 11.1. The highest BCUT2D eigenvalue weighted by atomic mass is 16.5. The van der Waals surface area contributed by atoms with Crippen molar-refractivity contribution in [2.75, 3.05) is 11.9 Å². The Hall–Kier alpha value is -1.58. The SMILES string of the molecule is CCOC(=O)Nc1cc(C)cc(C)n1. The van der Waals surface area contributed by atoms with E-state index in [0.29, 0.717) is 12.4 Å². The van der Waals surface area contributed by atoms with Crippen LogP contribution in [0.3, 0.4) is 0 Å². The van der Waals surface area contributed by atoms with E-state index in [9.17, 15) is 4.79 Å². The molecule has 0 aromatic carbocycles. The number of anilines is 1. The number of hydrogen-bond acceptors (Lipinski definition) is 3. The van der Waals surface area contributed by atoms with E-state index in [2.05, 4.69) is 10.3 Å². The quantitative estimate of drug-likeness (QED) is 0.785. The Bertz CT molecular complexity index is 317. The Kier molecular flexibility index (Phi) is 3.45. The van der Waals surface area contributed by atoms with Gasteiger partial charge in [0.05, 0.1) is 6.61 Å². The number of amides is 1. The molecule has 0 radical (unpaired) electrons. The third-order valence-electron chi connectivity index (χ3n) is 1.60. The molecule has 0 saturated heterocycles. The van der Waals surface area contributed by atoms with E-state index >= 15 is 0 Å². The summed E-state index contributed by atoms with van der Waals surface area (Å²) in [5.41, 5.74) is 1.93. The van der Waals surface area contributed by atoms with Crippen LogP contribution in [0, 0.1) is 13.8 Å². The fourth-order valence-electron chi connectivity index (χ4n) is 1.18. The first kappa shape index (κ1) is 10.5. The normalized spacial score (nSPS) is 9.64. The minimum atomic E-state index is -0.468. The molecule has 14 heavy (non-hydrogen) atoms. The van der Waals surface area contributed by atoms with Gasteiger partial charge in [-0.1, -0.05) is 0 Å². The van der Waals surface area contributed by atoms with Gasteiger partial charge in [0.2, 0.25) is 0 Å². The fourth-order valence-corrected chi connectivity index (χ4v) is 1.18. The summed E-state index contributed by atoms with van der Waals surface area (Å²) in [6.07, 6.45) is -0.468. The largest absolute Gasteiger partial charge is 0.450 e. The van der Waals surface area contributed by atoms with E-state index in [4.69, 9.17) is 4.74 Å². The maximum Gasteiger partial charge on any atom is 0.412 e. The summed E-state index contributed by atoms with van der Waals surface area (Å²) in [4.78, 5) is 15.2. The highest BCUT2D eigenvalue weighted by molar-refractivity contribution is 5.83. The molecule has 1 amide bonds. The van der Waals surface area contributed by atoms with Crippen LogP contribution in [0.2, 0.25) is 0 Å². The molecular weight excluding hydrogens is 180 g/mol. The number of aryl methyl sites for hydroxylation is 2. The predicted octanol–water partition coefficient (Wildman–Crippen LogP) is 2.27. The van der Waals surface area contributed by atoms with Gasteiger partial charge in [0.25, 0.3) is 0 Å². The molecule has 1 aromatic rings. The number of nitrogens with zero attached hydrogens (tertiary/aromatic N) is 1. The Morgan fingerprint density at radius 2 is 2.21 bits per heavy atom. The minimum Gasteiger partial charge on any atom is -0.450 e. The number of aromatic nitrogens is 1. The first-order valence-corrected chi connectivity index (χ1v) is 4.51. The molecule has 0 saturated carbocycles. The third kappa shape index (κ3) is 3.05. The van der Waals surface area contributed by atoms with Gasteiger partial charge in [0, 0.05) is 5.69 Å². The summed E-state index contributed by atoms with van der Waals surface area (Å²) in [6.45, 7) is 5.94.